The van der Waals surface area contributed by atoms with E-state index in [0.717, 1.165) is 16.7 Å². The third kappa shape index (κ3) is 5.83. The average molecular weight is 461 g/mol. The quantitative estimate of drug-likeness (QED) is 0.464. The first-order valence-electron chi connectivity index (χ1n) is 11.1. The predicted molar refractivity (Wildman–Crippen MR) is 127 cm³/mol. The lowest BCUT2D eigenvalue weighted by Crippen LogP contribution is -2.26. The maximum atomic E-state index is 11.8. The Morgan fingerprint density at radius 1 is 1.06 bits per heavy atom. The van der Waals surface area contributed by atoms with Crippen molar-refractivity contribution >= 4 is 11.9 Å². The number of nitrogens with two attached hydrogens (primary N) is 1. The third-order valence-corrected chi connectivity index (χ3v) is 5.27. The fourth-order valence-corrected chi connectivity index (χ4v) is 2.97. The summed E-state index contributed by atoms with van der Waals surface area (Å²) in [5.41, 5.74) is 9.13. The molecule has 4 aromatic rings. The molecule has 10 nitrogen and oxygen atoms in total. The second-order valence-corrected chi connectivity index (χ2v) is 8.41. The number of carbonyl (C=O) groups excluding carboxylic acids is 1. The normalized spacial score (nSPS) is 13.0. The van der Waals surface area contributed by atoms with Crippen molar-refractivity contribution in [1.82, 2.24) is 34.8 Å². The van der Waals surface area contributed by atoms with Crippen molar-refractivity contribution < 1.29 is 9.32 Å². The van der Waals surface area contributed by atoms with Crippen molar-refractivity contribution in [3.63, 3.8) is 0 Å². The van der Waals surface area contributed by atoms with Gasteiger partial charge in [0.2, 0.25) is 11.9 Å². The van der Waals surface area contributed by atoms with E-state index in [0.29, 0.717) is 17.3 Å². The number of carbonyl (C=O) groups is 1. The highest BCUT2D eigenvalue weighted by molar-refractivity contribution is 5.75. The van der Waals surface area contributed by atoms with E-state index in [1.54, 1.807) is 43.6 Å². The van der Waals surface area contributed by atoms with Gasteiger partial charge in [0, 0.05) is 44.2 Å². The summed E-state index contributed by atoms with van der Waals surface area (Å²) in [6.45, 7) is 2.16. The van der Waals surface area contributed by atoms with E-state index in [1.807, 2.05) is 31.2 Å². The van der Waals surface area contributed by atoms with Crippen molar-refractivity contribution in [3.05, 3.63) is 60.4 Å². The average Bonchev–Trinajstić information content (AvgIpc) is 3.52. The SMILES string of the molecule is C1CC1.CC(c1ccc(-c2cnc(N)nc2)cc1)c1noc(-c2cnn(CC(=O)N(C)C)c2)n1. The van der Waals surface area contributed by atoms with Crippen molar-refractivity contribution in [1.29, 1.82) is 0 Å². The minimum Gasteiger partial charge on any atom is -0.368 e. The summed E-state index contributed by atoms with van der Waals surface area (Å²) in [6.07, 6.45) is 11.2. The molecule has 0 radical (unpaired) electrons. The van der Waals surface area contributed by atoms with Gasteiger partial charge in [0.25, 0.3) is 5.89 Å². The van der Waals surface area contributed by atoms with E-state index in [4.69, 9.17) is 10.3 Å². The van der Waals surface area contributed by atoms with Crippen molar-refractivity contribution in [2.45, 2.75) is 38.6 Å². The minimum absolute atomic E-state index is 0.0523. The number of nitrogens with zero attached hydrogens (tertiary/aromatic N) is 7. The molecule has 1 aliphatic rings. The van der Waals surface area contributed by atoms with Gasteiger partial charge < -0.3 is 15.2 Å². The summed E-state index contributed by atoms with van der Waals surface area (Å²) in [6, 6.07) is 8.01. The molecule has 0 aliphatic heterocycles. The van der Waals surface area contributed by atoms with E-state index in [1.165, 1.54) is 24.2 Å². The lowest BCUT2D eigenvalue weighted by atomic mass is 9.98. The Morgan fingerprint density at radius 2 is 1.74 bits per heavy atom. The molecule has 1 aliphatic carbocycles. The van der Waals surface area contributed by atoms with Crippen LogP contribution in [0.4, 0.5) is 5.95 Å². The molecule has 0 bridgehead atoms. The van der Waals surface area contributed by atoms with Crippen LogP contribution in [-0.2, 0) is 11.3 Å². The fraction of sp³-hybridized carbons (Fsp3) is 0.333. The Bertz CT molecular complexity index is 1220. The zero-order valence-corrected chi connectivity index (χ0v) is 19.5. The Hall–Kier alpha value is -4.08. The standard InChI is InChI=1S/C21H22N8O2.C3H6/c1-13(14-4-6-15(7-5-14)16-8-23-21(22)24-9-16)19-26-20(31-27-19)17-10-25-29(11-17)12-18(30)28(2)3;1-2-3-1/h4-11,13H,12H2,1-3H3,(H2,22,23,24);1-3H2. The number of benzene rings is 1. The first-order chi connectivity index (χ1) is 16.4. The van der Waals surface area contributed by atoms with Gasteiger partial charge in [-0.1, -0.05) is 55.6 Å². The van der Waals surface area contributed by atoms with Gasteiger partial charge in [-0.05, 0) is 11.1 Å². The van der Waals surface area contributed by atoms with Crippen molar-refractivity contribution in [3.8, 4) is 22.6 Å². The highest BCUT2D eigenvalue weighted by Gasteiger charge is 2.18. The molecule has 1 aromatic carbocycles. The molecule has 2 N–H and O–H groups in total. The van der Waals surface area contributed by atoms with Crippen LogP contribution in [0.2, 0.25) is 0 Å². The smallest absolute Gasteiger partial charge is 0.261 e. The number of likely N-dealkylation sites (N-methyl/N-ethyl adjacent to an activating group) is 1. The molecule has 3 aromatic heterocycles. The van der Waals surface area contributed by atoms with E-state index in [9.17, 15) is 4.79 Å². The summed E-state index contributed by atoms with van der Waals surface area (Å²) < 4.78 is 6.97. The molecule has 1 amide bonds. The van der Waals surface area contributed by atoms with Gasteiger partial charge in [-0.3, -0.25) is 9.48 Å². The largest absolute Gasteiger partial charge is 0.368 e. The molecule has 1 saturated carbocycles. The fourth-order valence-electron chi connectivity index (χ4n) is 2.97. The topological polar surface area (TPSA) is 129 Å². The second-order valence-electron chi connectivity index (χ2n) is 8.41. The van der Waals surface area contributed by atoms with Crippen molar-refractivity contribution in [2.75, 3.05) is 19.8 Å². The molecule has 1 unspecified atom stereocenters. The molecule has 1 atom stereocenters. The number of nitrogen functional groups attached to an aromatic ring is 1. The highest BCUT2D eigenvalue weighted by Crippen LogP contribution is 2.27. The number of hydrogen-bond donors (Lipinski definition) is 1. The first-order valence-corrected chi connectivity index (χ1v) is 11.1. The van der Waals surface area contributed by atoms with Gasteiger partial charge >= 0.3 is 0 Å². The Balaban J connectivity index is 0.000000846. The van der Waals surface area contributed by atoms with Crippen LogP contribution >= 0.6 is 0 Å². The minimum atomic E-state index is -0.0698. The van der Waals surface area contributed by atoms with Crippen LogP contribution < -0.4 is 5.73 Å². The van der Waals surface area contributed by atoms with Gasteiger partial charge in [-0.25, -0.2) is 9.97 Å². The highest BCUT2D eigenvalue weighted by atomic mass is 16.5. The van der Waals surface area contributed by atoms with Gasteiger partial charge in [0.15, 0.2) is 5.82 Å². The number of hydrogen-bond acceptors (Lipinski definition) is 8. The Labute approximate surface area is 197 Å². The zero-order valence-electron chi connectivity index (χ0n) is 19.5. The summed E-state index contributed by atoms with van der Waals surface area (Å²) in [5, 5.41) is 8.32. The molecule has 0 spiro atoms. The third-order valence-electron chi connectivity index (χ3n) is 5.27. The van der Waals surface area contributed by atoms with Crippen LogP contribution in [0.5, 0.6) is 0 Å². The number of aromatic nitrogens is 6. The number of anilines is 1. The summed E-state index contributed by atoms with van der Waals surface area (Å²) in [4.78, 5) is 25.9. The Kier molecular flexibility index (Phi) is 6.95. The zero-order chi connectivity index (χ0) is 24.1. The van der Waals surface area contributed by atoms with E-state index < -0.39 is 0 Å². The summed E-state index contributed by atoms with van der Waals surface area (Å²) in [7, 11) is 3.41. The summed E-state index contributed by atoms with van der Waals surface area (Å²) >= 11 is 0. The monoisotopic (exact) mass is 460 g/mol. The molecule has 5 rings (SSSR count). The molecule has 10 heteroatoms. The Morgan fingerprint density at radius 3 is 2.35 bits per heavy atom. The molecule has 176 valence electrons. The van der Waals surface area contributed by atoms with Gasteiger partial charge in [-0.15, -0.1) is 0 Å². The second kappa shape index (κ2) is 10.2. The molecule has 1 fully saturated rings. The lowest BCUT2D eigenvalue weighted by molar-refractivity contribution is -0.129. The van der Waals surface area contributed by atoms with Crippen LogP contribution in [0.1, 0.15) is 43.5 Å². The molecule has 0 saturated heterocycles. The molecule has 34 heavy (non-hydrogen) atoms. The van der Waals surface area contributed by atoms with Gasteiger partial charge in [-0.2, -0.15) is 10.1 Å². The lowest BCUT2D eigenvalue weighted by Gasteiger charge is -2.09. The predicted octanol–water partition coefficient (Wildman–Crippen LogP) is 3.38. The molecular weight excluding hydrogens is 432 g/mol. The maximum Gasteiger partial charge on any atom is 0.261 e. The maximum absolute atomic E-state index is 11.8. The summed E-state index contributed by atoms with van der Waals surface area (Å²) in [5.74, 6) is 1.05. The van der Waals surface area contributed by atoms with E-state index in [2.05, 4.69) is 25.2 Å². The number of rotatable bonds is 6. The van der Waals surface area contributed by atoms with Gasteiger partial charge in [0.1, 0.15) is 6.54 Å². The number of amides is 1. The van der Waals surface area contributed by atoms with Crippen LogP contribution in [0, 0.1) is 0 Å². The van der Waals surface area contributed by atoms with E-state index in [-0.39, 0.29) is 24.3 Å². The van der Waals surface area contributed by atoms with Gasteiger partial charge in [0.05, 0.1) is 11.8 Å². The van der Waals surface area contributed by atoms with Crippen LogP contribution in [0.25, 0.3) is 22.6 Å². The molecular formula is C24H28N8O2. The molecule has 3 heterocycles. The van der Waals surface area contributed by atoms with Crippen LogP contribution in [0.15, 0.2) is 53.6 Å². The van der Waals surface area contributed by atoms with E-state index >= 15 is 0 Å². The first kappa shape index (κ1) is 23.1. The van der Waals surface area contributed by atoms with Crippen LogP contribution in [0.3, 0.4) is 0 Å². The van der Waals surface area contributed by atoms with Crippen molar-refractivity contribution in [2.24, 2.45) is 0 Å². The van der Waals surface area contributed by atoms with Crippen LogP contribution in [-0.4, -0.2) is 54.8 Å².